The summed E-state index contributed by atoms with van der Waals surface area (Å²) >= 11 is 0. The molecule has 3 rings (SSSR count). The Balaban J connectivity index is 1.97. The molecular weight excluding hydrogens is 322 g/mol. The summed E-state index contributed by atoms with van der Waals surface area (Å²) in [5.74, 6) is 0.821. The van der Waals surface area contributed by atoms with E-state index in [4.69, 9.17) is 10.1 Å². The van der Waals surface area contributed by atoms with E-state index in [0.717, 1.165) is 41.6 Å². The van der Waals surface area contributed by atoms with Crippen LogP contribution in [0.5, 0.6) is 0 Å². The summed E-state index contributed by atoms with van der Waals surface area (Å²) in [6, 6.07) is 20.4. The minimum absolute atomic E-state index is 0.562. The van der Waals surface area contributed by atoms with Gasteiger partial charge in [0, 0.05) is 30.4 Å². The summed E-state index contributed by atoms with van der Waals surface area (Å²) in [4.78, 5) is 4.71. The Labute approximate surface area is 154 Å². The molecule has 0 aliphatic carbocycles. The fourth-order valence-corrected chi connectivity index (χ4v) is 2.75. The van der Waals surface area contributed by atoms with Gasteiger partial charge < -0.3 is 10.6 Å². The third-order valence-corrected chi connectivity index (χ3v) is 3.95. The third kappa shape index (κ3) is 4.30. The van der Waals surface area contributed by atoms with Crippen LogP contribution in [-0.2, 0) is 6.54 Å². The summed E-state index contributed by atoms with van der Waals surface area (Å²) < 4.78 is 1.92. The predicted molar refractivity (Wildman–Crippen MR) is 107 cm³/mol. The third-order valence-electron chi connectivity index (χ3n) is 3.95. The molecular formula is C21H25N5. The molecule has 1 heterocycles. The van der Waals surface area contributed by atoms with E-state index in [1.54, 1.807) is 0 Å². The molecule has 0 saturated carbocycles. The molecule has 1 aromatic heterocycles. The maximum atomic E-state index is 4.83. The molecule has 5 nitrogen and oxygen atoms in total. The lowest BCUT2D eigenvalue weighted by atomic mass is 10.1. The Morgan fingerprint density at radius 3 is 2.15 bits per heavy atom. The van der Waals surface area contributed by atoms with E-state index in [1.165, 1.54) is 0 Å². The van der Waals surface area contributed by atoms with Crippen molar-refractivity contribution in [3.8, 4) is 16.9 Å². The standard InChI is InChI=1S/C21H25N5/c1-3-22-21(23-4-2)24-15-18-16-26(19-13-9-6-10-14-19)25-20(18)17-11-7-5-8-12-17/h5-14,16H,3-4,15H2,1-2H3,(H2,22,23,24). The normalized spacial score (nSPS) is 10.4. The van der Waals surface area contributed by atoms with Crippen molar-refractivity contribution in [2.24, 2.45) is 4.99 Å². The van der Waals surface area contributed by atoms with Crippen LogP contribution in [0.25, 0.3) is 16.9 Å². The first kappa shape index (κ1) is 17.7. The van der Waals surface area contributed by atoms with Crippen LogP contribution in [0.4, 0.5) is 0 Å². The number of guanidine groups is 1. The molecule has 0 fully saturated rings. The molecule has 0 unspecified atom stereocenters. The smallest absolute Gasteiger partial charge is 0.191 e. The first-order chi connectivity index (χ1) is 12.8. The molecule has 0 saturated heterocycles. The van der Waals surface area contributed by atoms with Gasteiger partial charge in [-0.3, -0.25) is 0 Å². The summed E-state index contributed by atoms with van der Waals surface area (Å²) in [5, 5.41) is 11.4. The second kappa shape index (κ2) is 8.85. The number of aromatic nitrogens is 2. The Kier molecular flexibility index (Phi) is 6.04. The highest BCUT2D eigenvalue weighted by Crippen LogP contribution is 2.24. The Morgan fingerprint density at radius 2 is 1.54 bits per heavy atom. The van der Waals surface area contributed by atoms with E-state index in [0.29, 0.717) is 6.54 Å². The number of benzene rings is 2. The Morgan fingerprint density at radius 1 is 0.923 bits per heavy atom. The van der Waals surface area contributed by atoms with Crippen LogP contribution >= 0.6 is 0 Å². The molecule has 2 N–H and O–H groups in total. The average Bonchev–Trinajstić information content (AvgIpc) is 3.12. The number of nitrogens with zero attached hydrogens (tertiary/aromatic N) is 3. The molecule has 0 spiro atoms. The number of aliphatic imine (C=N–C) groups is 1. The first-order valence-electron chi connectivity index (χ1n) is 9.03. The van der Waals surface area contributed by atoms with Gasteiger partial charge in [-0.2, -0.15) is 5.10 Å². The zero-order chi connectivity index (χ0) is 18.2. The Hall–Kier alpha value is -3.08. The van der Waals surface area contributed by atoms with Crippen LogP contribution in [0.3, 0.4) is 0 Å². The van der Waals surface area contributed by atoms with Crippen molar-refractivity contribution < 1.29 is 0 Å². The lowest BCUT2D eigenvalue weighted by molar-refractivity contribution is 0.839. The number of hydrogen-bond donors (Lipinski definition) is 2. The van der Waals surface area contributed by atoms with E-state index < -0.39 is 0 Å². The fourth-order valence-electron chi connectivity index (χ4n) is 2.75. The van der Waals surface area contributed by atoms with Crippen LogP contribution in [-0.4, -0.2) is 28.8 Å². The number of nitrogens with one attached hydrogen (secondary N) is 2. The molecule has 0 amide bonds. The van der Waals surface area contributed by atoms with Gasteiger partial charge in [0.1, 0.15) is 0 Å². The maximum absolute atomic E-state index is 4.83. The van der Waals surface area contributed by atoms with Crippen molar-refractivity contribution in [1.82, 2.24) is 20.4 Å². The minimum Gasteiger partial charge on any atom is -0.357 e. The van der Waals surface area contributed by atoms with Crippen molar-refractivity contribution in [2.75, 3.05) is 13.1 Å². The second-order valence-electron chi connectivity index (χ2n) is 5.87. The van der Waals surface area contributed by atoms with Gasteiger partial charge in [-0.05, 0) is 26.0 Å². The van der Waals surface area contributed by atoms with E-state index in [1.807, 2.05) is 41.1 Å². The second-order valence-corrected chi connectivity index (χ2v) is 5.87. The van der Waals surface area contributed by atoms with Crippen molar-refractivity contribution >= 4 is 5.96 Å². The number of hydrogen-bond acceptors (Lipinski definition) is 2. The Bertz CT molecular complexity index is 829. The molecule has 0 atom stereocenters. The summed E-state index contributed by atoms with van der Waals surface area (Å²) in [7, 11) is 0. The molecule has 0 aliphatic rings. The molecule has 26 heavy (non-hydrogen) atoms. The van der Waals surface area contributed by atoms with Crippen molar-refractivity contribution in [2.45, 2.75) is 20.4 Å². The van der Waals surface area contributed by atoms with Gasteiger partial charge in [0.15, 0.2) is 5.96 Å². The van der Waals surface area contributed by atoms with E-state index in [9.17, 15) is 0 Å². The van der Waals surface area contributed by atoms with Crippen LogP contribution < -0.4 is 10.6 Å². The highest BCUT2D eigenvalue weighted by molar-refractivity contribution is 5.79. The zero-order valence-electron chi connectivity index (χ0n) is 15.3. The predicted octanol–water partition coefficient (Wildman–Crippen LogP) is 3.61. The first-order valence-corrected chi connectivity index (χ1v) is 9.03. The van der Waals surface area contributed by atoms with Crippen LogP contribution in [0, 0.1) is 0 Å². The molecule has 134 valence electrons. The molecule has 2 aromatic carbocycles. The number of rotatable bonds is 6. The van der Waals surface area contributed by atoms with Gasteiger partial charge in [-0.15, -0.1) is 0 Å². The summed E-state index contributed by atoms with van der Waals surface area (Å²) in [5.41, 5.74) is 4.19. The monoisotopic (exact) mass is 347 g/mol. The lowest BCUT2D eigenvalue weighted by Crippen LogP contribution is -2.36. The van der Waals surface area contributed by atoms with Crippen molar-refractivity contribution in [1.29, 1.82) is 0 Å². The van der Waals surface area contributed by atoms with Gasteiger partial charge in [0.05, 0.1) is 17.9 Å². The largest absolute Gasteiger partial charge is 0.357 e. The zero-order valence-corrected chi connectivity index (χ0v) is 15.3. The molecule has 5 heteroatoms. The van der Waals surface area contributed by atoms with Crippen molar-refractivity contribution in [3.05, 3.63) is 72.4 Å². The van der Waals surface area contributed by atoms with E-state index in [-0.39, 0.29) is 0 Å². The van der Waals surface area contributed by atoms with Gasteiger partial charge >= 0.3 is 0 Å². The topological polar surface area (TPSA) is 54.2 Å². The van der Waals surface area contributed by atoms with Gasteiger partial charge in [0.25, 0.3) is 0 Å². The quantitative estimate of drug-likeness (QED) is 0.529. The van der Waals surface area contributed by atoms with Crippen LogP contribution in [0.2, 0.25) is 0 Å². The fraction of sp³-hybridized carbons (Fsp3) is 0.238. The van der Waals surface area contributed by atoms with Gasteiger partial charge in [-0.25, -0.2) is 9.67 Å². The SMILES string of the molecule is CCNC(=NCc1cn(-c2ccccc2)nc1-c1ccccc1)NCC. The highest BCUT2D eigenvalue weighted by atomic mass is 15.3. The lowest BCUT2D eigenvalue weighted by Gasteiger charge is -2.09. The number of para-hydroxylation sites is 1. The van der Waals surface area contributed by atoms with E-state index >= 15 is 0 Å². The molecule has 3 aromatic rings. The molecule has 0 aliphatic heterocycles. The minimum atomic E-state index is 0.562. The van der Waals surface area contributed by atoms with Crippen molar-refractivity contribution in [3.63, 3.8) is 0 Å². The summed E-state index contributed by atoms with van der Waals surface area (Å²) in [6.07, 6.45) is 2.07. The molecule has 0 radical (unpaired) electrons. The van der Waals surface area contributed by atoms with Gasteiger partial charge in [-0.1, -0.05) is 48.5 Å². The van der Waals surface area contributed by atoms with Crippen LogP contribution in [0.15, 0.2) is 71.9 Å². The highest BCUT2D eigenvalue weighted by Gasteiger charge is 2.12. The maximum Gasteiger partial charge on any atom is 0.191 e. The van der Waals surface area contributed by atoms with Crippen LogP contribution in [0.1, 0.15) is 19.4 Å². The summed E-state index contributed by atoms with van der Waals surface area (Å²) in [6.45, 7) is 6.36. The molecule has 0 bridgehead atoms. The van der Waals surface area contributed by atoms with E-state index in [2.05, 4.69) is 54.9 Å². The van der Waals surface area contributed by atoms with Gasteiger partial charge in [0.2, 0.25) is 0 Å². The average molecular weight is 347 g/mol.